The van der Waals surface area contributed by atoms with Gasteiger partial charge in [-0.3, -0.25) is 0 Å². The van der Waals surface area contributed by atoms with Gasteiger partial charge in [0.25, 0.3) is 0 Å². The Balaban J connectivity index is 1.68. The number of carbonyl (C=O) groups excluding carboxylic acids is 1. The fourth-order valence-electron chi connectivity index (χ4n) is 2.98. The number of hydrogen-bond acceptors (Lipinski definition) is 4. The molecule has 2 aromatic carbocycles. The van der Waals surface area contributed by atoms with E-state index in [-0.39, 0.29) is 5.97 Å². The molecule has 0 atom stereocenters. The van der Waals surface area contributed by atoms with Crippen LogP contribution in [0.3, 0.4) is 0 Å². The summed E-state index contributed by atoms with van der Waals surface area (Å²) in [6.07, 6.45) is 3.82. The van der Waals surface area contributed by atoms with E-state index in [4.69, 9.17) is 4.74 Å². The minimum Gasteiger partial charge on any atom is -0.465 e. The SMILES string of the molecule is COC(=O)c1cccc2ccn(Cc3ccc(-c4nccs4)cc3)c12. The number of nitrogens with zero attached hydrogens (tertiary/aromatic N) is 2. The number of benzene rings is 2. The van der Waals surface area contributed by atoms with Crippen LogP contribution in [0, 0.1) is 0 Å². The van der Waals surface area contributed by atoms with Crippen LogP contribution in [0.15, 0.2) is 66.3 Å². The van der Waals surface area contributed by atoms with Crippen LogP contribution >= 0.6 is 11.3 Å². The molecule has 25 heavy (non-hydrogen) atoms. The van der Waals surface area contributed by atoms with Crippen molar-refractivity contribution >= 4 is 28.2 Å². The summed E-state index contributed by atoms with van der Waals surface area (Å²) in [6, 6.07) is 16.1. The molecule has 0 amide bonds. The molecule has 124 valence electrons. The first-order valence-electron chi connectivity index (χ1n) is 7.91. The Labute approximate surface area is 149 Å². The molecule has 4 rings (SSSR count). The van der Waals surface area contributed by atoms with Crippen molar-refractivity contribution in [2.45, 2.75) is 6.54 Å². The predicted octanol–water partition coefficient (Wildman–Crippen LogP) is 4.60. The van der Waals surface area contributed by atoms with Gasteiger partial charge in [0.05, 0.1) is 18.2 Å². The summed E-state index contributed by atoms with van der Waals surface area (Å²) < 4.78 is 7.00. The zero-order chi connectivity index (χ0) is 17.2. The van der Waals surface area contributed by atoms with E-state index in [0.29, 0.717) is 12.1 Å². The number of methoxy groups -OCH3 is 1. The van der Waals surface area contributed by atoms with Gasteiger partial charge in [-0.05, 0) is 17.7 Å². The lowest BCUT2D eigenvalue weighted by molar-refractivity contribution is 0.0602. The van der Waals surface area contributed by atoms with E-state index in [1.165, 1.54) is 7.11 Å². The van der Waals surface area contributed by atoms with E-state index in [2.05, 4.69) is 33.8 Å². The van der Waals surface area contributed by atoms with Gasteiger partial charge in [0.15, 0.2) is 0 Å². The second kappa shape index (κ2) is 6.53. The molecule has 0 aliphatic carbocycles. The highest BCUT2D eigenvalue weighted by Gasteiger charge is 2.13. The molecule has 4 aromatic rings. The molecule has 0 fully saturated rings. The molecule has 0 saturated heterocycles. The number of carbonyl (C=O) groups is 1. The Morgan fingerprint density at radius 2 is 2.00 bits per heavy atom. The van der Waals surface area contributed by atoms with Gasteiger partial charge in [0, 0.05) is 35.3 Å². The highest BCUT2D eigenvalue weighted by molar-refractivity contribution is 7.13. The van der Waals surface area contributed by atoms with Crippen molar-refractivity contribution in [1.29, 1.82) is 0 Å². The van der Waals surface area contributed by atoms with Crippen molar-refractivity contribution in [3.63, 3.8) is 0 Å². The summed E-state index contributed by atoms with van der Waals surface area (Å²) in [4.78, 5) is 16.4. The third kappa shape index (κ3) is 2.94. The Bertz CT molecular complexity index is 1020. The summed E-state index contributed by atoms with van der Waals surface area (Å²) >= 11 is 1.63. The molecule has 0 radical (unpaired) electrons. The van der Waals surface area contributed by atoms with Gasteiger partial charge in [-0.1, -0.05) is 36.4 Å². The number of esters is 1. The molecule has 0 aliphatic rings. The molecule has 0 spiro atoms. The standard InChI is InChI=1S/C20H16N2O2S/c1-24-20(23)17-4-2-3-15-9-11-22(18(15)17)13-14-5-7-16(8-6-14)19-21-10-12-25-19/h2-12H,13H2,1H3. The number of ether oxygens (including phenoxy) is 1. The molecule has 0 bridgehead atoms. The molecule has 2 aromatic heterocycles. The largest absolute Gasteiger partial charge is 0.465 e. The highest BCUT2D eigenvalue weighted by atomic mass is 32.1. The fraction of sp³-hybridized carbons (Fsp3) is 0.100. The lowest BCUT2D eigenvalue weighted by Gasteiger charge is -2.09. The maximum atomic E-state index is 12.1. The lowest BCUT2D eigenvalue weighted by atomic mass is 10.1. The summed E-state index contributed by atoms with van der Waals surface area (Å²) in [7, 11) is 1.41. The van der Waals surface area contributed by atoms with Crippen LogP contribution in [0.25, 0.3) is 21.5 Å². The summed E-state index contributed by atoms with van der Waals surface area (Å²) in [6.45, 7) is 0.690. The minimum absolute atomic E-state index is 0.315. The molecule has 0 unspecified atom stereocenters. The number of para-hydroxylation sites is 1. The third-order valence-electron chi connectivity index (χ3n) is 4.18. The summed E-state index contributed by atoms with van der Waals surface area (Å²) in [5.41, 5.74) is 3.77. The topological polar surface area (TPSA) is 44.1 Å². The van der Waals surface area contributed by atoms with E-state index in [0.717, 1.165) is 27.0 Å². The van der Waals surface area contributed by atoms with Crippen LogP contribution in [-0.4, -0.2) is 22.6 Å². The average molecular weight is 348 g/mol. The second-order valence-corrected chi connectivity index (χ2v) is 6.61. The quantitative estimate of drug-likeness (QED) is 0.506. The van der Waals surface area contributed by atoms with Crippen molar-refractivity contribution < 1.29 is 9.53 Å². The molecule has 0 N–H and O–H groups in total. The van der Waals surface area contributed by atoms with E-state index in [1.54, 1.807) is 17.4 Å². The molecular formula is C20H16N2O2S. The number of rotatable bonds is 4. The predicted molar refractivity (Wildman–Crippen MR) is 99.9 cm³/mol. The van der Waals surface area contributed by atoms with E-state index < -0.39 is 0 Å². The van der Waals surface area contributed by atoms with Gasteiger partial charge in [0.2, 0.25) is 0 Å². The molecule has 0 aliphatic heterocycles. The Hall–Kier alpha value is -2.92. The number of hydrogen-bond donors (Lipinski definition) is 0. The van der Waals surface area contributed by atoms with E-state index >= 15 is 0 Å². The molecular weight excluding hydrogens is 332 g/mol. The van der Waals surface area contributed by atoms with Crippen molar-refractivity contribution in [3.05, 3.63) is 77.4 Å². The van der Waals surface area contributed by atoms with Gasteiger partial charge >= 0.3 is 5.97 Å². The lowest BCUT2D eigenvalue weighted by Crippen LogP contribution is -2.06. The van der Waals surface area contributed by atoms with Crippen LogP contribution in [0.2, 0.25) is 0 Å². The molecule has 0 saturated carbocycles. The monoisotopic (exact) mass is 348 g/mol. The van der Waals surface area contributed by atoms with Crippen molar-refractivity contribution in [1.82, 2.24) is 9.55 Å². The number of aromatic nitrogens is 2. The molecule has 5 heteroatoms. The highest BCUT2D eigenvalue weighted by Crippen LogP contribution is 2.24. The number of fused-ring (bicyclic) bond motifs is 1. The van der Waals surface area contributed by atoms with Crippen LogP contribution in [0.1, 0.15) is 15.9 Å². The van der Waals surface area contributed by atoms with Crippen molar-refractivity contribution in [3.8, 4) is 10.6 Å². The van der Waals surface area contributed by atoms with E-state index in [9.17, 15) is 4.79 Å². The third-order valence-corrected chi connectivity index (χ3v) is 5.00. The zero-order valence-electron chi connectivity index (χ0n) is 13.7. The molecule has 4 nitrogen and oxygen atoms in total. The van der Waals surface area contributed by atoms with Crippen LogP contribution in [0.4, 0.5) is 0 Å². The first-order chi connectivity index (χ1) is 12.3. The summed E-state index contributed by atoms with van der Waals surface area (Å²) in [5, 5.41) is 4.03. The van der Waals surface area contributed by atoms with Gasteiger partial charge in [-0.15, -0.1) is 11.3 Å². The van der Waals surface area contributed by atoms with Gasteiger partial charge in [-0.25, -0.2) is 9.78 Å². The minimum atomic E-state index is -0.315. The van der Waals surface area contributed by atoms with E-state index in [1.807, 2.05) is 36.0 Å². The van der Waals surface area contributed by atoms with Gasteiger partial charge < -0.3 is 9.30 Å². The summed E-state index contributed by atoms with van der Waals surface area (Å²) in [5.74, 6) is -0.315. The smallest absolute Gasteiger partial charge is 0.340 e. The van der Waals surface area contributed by atoms with Crippen LogP contribution in [-0.2, 0) is 11.3 Å². The number of thiazole rings is 1. The Kier molecular flexibility index (Phi) is 4.07. The van der Waals surface area contributed by atoms with Crippen LogP contribution < -0.4 is 0 Å². The average Bonchev–Trinajstić information content (AvgIpc) is 3.32. The van der Waals surface area contributed by atoms with Gasteiger partial charge in [-0.2, -0.15) is 0 Å². The Morgan fingerprint density at radius 1 is 1.16 bits per heavy atom. The molecule has 2 heterocycles. The van der Waals surface area contributed by atoms with Crippen molar-refractivity contribution in [2.75, 3.05) is 7.11 Å². The van der Waals surface area contributed by atoms with Gasteiger partial charge in [0.1, 0.15) is 5.01 Å². The van der Waals surface area contributed by atoms with Crippen LogP contribution in [0.5, 0.6) is 0 Å². The normalized spacial score (nSPS) is 10.9. The maximum absolute atomic E-state index is 12.1. The fourth-order valence-corrected chi connectivity index (χ4v) is 3.63. The first-order valence-corrected chi connectivity index (χ1v) is 8.79. The first kappa shape index (κ1) is 15.6. The zero-order valence-corrected chi connectivity index (χ0v) is 14.5. The maximum Gasteiger partial charge on any atom is 0.340 e. The second-order valence-electron chi connectivity index (χ2n) is 5.71. The van der Waals surface area contributed by atoms with Crippen molar-refractivity contribution in [2.24, 2.45) is 0 Å². The Morgan fingerprint density at radius 3 is 2.72 bits per heavy atom.